The SMILES string of the molecule is Cc1ncccc1C(=O)N(C)c1cc(Cl)ccc1N. The minimum Gasteiger partial charge on any atom is -0.397 e. The summed E-state index contributed by atoms with van der Waals surface area (Å²) in [6.45, 7) is 1.79. The van der Waals surface area contributed by atoms with Crippen LogP contribution in [0.3, 0.4) is 0 Å². The number of amides is 1. The average molecular weight is 276 g/mol. The van der Waals surface area contributed by atoms with Crippen LogP contribution in [0.2, 0.25) is 5.02 Å². The van der Waals surface area contributed by atoms with Gasteiger partial charge in [0.2, 0.25) is 0 Å². The molecule has 0 unspecified atom stereocenters. The van der Waals surface area contributed by atoms with Gasteiger partial charge in [0.05, 0.1) is 16.9 Å². The Kier molecular flexibility index (Phi) is 3.71. The quantitative estimate of drug-likeness (QED) is 0.858. The first-order valence-corrected chi connectivity index (χ1v) is 6.13. The summed E-state index contributed by atoms with van der Waals surface area (Å²) < 4.78 is 0. The monoisotopic (exact) mass is 275 g/mol. The van der Waals surface area contributed by atoms with Gasteiger partial charge in [0.15, 0.2) is 0 Å². The van der Waals surface area contributed by atoms with E-state index >= 15 is 0 Å². The molecular weight excluding hydrogens is 262 g/mol. The van der Waals surface area contributed by atoms with Crippen LogP contribution in [0.5, 0.6) is 0 Å². The largest absolute Gasteiger partial charge is 0.397 e. The molecule has 0 atom stereocenters. The second-order valence-electron chi connectivity index (χ2n) is 4.20. The Morgan fingerprint density at radius 1 is 1.37 bits per heavy atom. The molecule has 2 N–H and O–H groups in total. The van der Waals surface area contributed by atoms with Gasteiger partial charge in [0.1, 0.15) is 0 Å². The first kappa shape index (κ1) is 13.4. The van der Waals surface area contributed by atoms with Crippen molar-refractivity contribution in [3.63, 3.8) is 0 Å². The standard InChI is InChI=1S/C14H14ClN3O/c1-9-11(4-3-7-17-9)14(19)18(2)13-8-10(15)5-6-12(13)16/h3-8H,16H2,1-2H3. The Balaban J connectivity index is 2.39. The van der Waals surface area contributed by atoms with Crippen molar-refractivity contribution < 1.29 is 4.79 Å². The summed E-state index contributed by atoms with van der Waals surface area (Å²) >= 11 is 5.94. The van der Waals surface area contributed by atoms with E-state index in [4.69, 9.17) is 17.3 Å². The number of nitrogen functional groups attached to an aromatic ring is 1. The van der Waals surface area contributed by atoms with Gasteiger partial charge in [0.25, 0.3) is 5.91 Å². The molecule has 0 radical (unpaired) electrons. The topological polar surface area (TPSA) is 59.2 Å². The Labute approximate surface area is 116 Å². The third-order valence-corrected chi connectivity index (χ3v) is 3.13. The number of carbonyl (C=O) groups is 1. The fourth-order valence-electron chi connectivity index (χ4n) is 1.81. The van der Waals surface area contributed by atoms with E-state index < -0.39 is 0 Å². The maximum absolute atomic E-state index is 12.4. The highest BCUT2D eigenvalue weighted by Gasteiger charge is 2.17. The smallest absolute Gasteiger partial charge is 0.259 e. The zero-order chi connectivity index (χ0) is 14.0. The van der Waals surface area contributed by atoms with Crippen LogP contribution >= 0.6 is 11.6 Å². The third-order valence-electron chi connectivity index (χ3n) is 2.90. The number of benzene rings is 1. The van der Waals surface area contributed by atoms with Crippen LogP contribution in [-0.2, 0) is 0 Å². The molecule has 2 aromatic rings. The van der Waals surface area contributed by atoms with Crippen molar-refractivity contribution in [1.29, 1.82) is 0 Å². The van der Waals surface area contributed by atoms with Crippen molar-refractivity contribution in [3.05, 3.63) is 52.8 Å². The Morgan fingerprint density at radius 3 is 2.79 bits per heavy atom. The molecule has 1 aromatic heterocycles. The minimum atomic E-state index is -0.167. The van der Waals surface area contributed by atoms with E-state index in [2.05, 4.69) is 4.98 Å². The maximum atomic E-state index is 12.4. The van der Waals surface area contributed by atoms with Crippen LogP contribution < -0.4 is 10.6 Å². The van der Waals surface area contributed by atoms with E-state index in [-0.39, 0.29) is 5.91 Å². The molecule has 0 bridgehead atoms. The predicted octanol–water partition coefficient (Wildman–Crippen LogP) is 2.90. The zero-order valence-corrected chi connectivity index (χ0v) is 11.5. The van der Waals surface area contributed by atoms with E-state index in [1.54, 1.807) is 50.5 Å². The van der Waals surface area contributed by atoms with Crippen molar-refractivity contribution in [3.8, 4) is 0 Å². The number of aryl methyl sites for hydroxylation is 1. The average Bonchev–Trinajstić information content (AvgIpc) is 2.40. The van der Waals surface area contributed by atoms with Crippen molar-refractivity contribution in [2.24, 2.45) is 0 Å². The van der Waals surface area contributed by atoms with Crippen LogP contribution in [0, 0.1) is 6.92 Å². The molecular formula is C14H14ClN3O. The highest BCUT2D eigenvalue weighted by atomic mass is 35.5. The van der Waals surface area contributed by atoms with E-state index in [1.165, 1.54) is 4.90 Å². The predicted molar refractivity (Wildman–Crippen MR) is 77.6 cm³/mol. The number of rotatable bonds is 2. The molecule has 5 heteroatoms. The molecule has 0 aliphatic carbocycles. The zero-order valence-electron chi connectivity index (χ0n) is 10.7. The van der Waals surface area contributed by atoms with Crippen LogP contribution in [0.4, 0.5) is 11.4 Å². The lowest BCUT2D eigenvalue weighted by Crippen LogP contribution is -2.27. The number of hydrogen-bond acceptors (Lipinski definition) is 3. The summed E-state index contributed by atoms with van der Waals surface area (Å²) in [6, 6.07) is 8.50. The van der Waals surface area contributed by atoms with Crippen molar-refractivity contribution in [1.82, 2.24) is 4.98 Å². The highest BCUT2D eigenvalue weighted by Crippen LogP contribution is 2.27. The number of carbonyl (C=O) groups excluding carboxylic acids is 1. The van der Waals surface area contributed by atoms with Crippen LogP contribution in [-0.4, -0.2) is 17.9 Å². The summed E-state index contributed by atoms with van der Waals surface area (Å²) in [7, 11) is 1.66. The number of nitrogens with zero attached hydrogens (tertiary/aromatic N) is 2. The number of nitrogens with two attached hydrogens (primary N) is 1. The van der Waals surface area contributed by atoms with Gasteiger partial charge in [-0.2, -0.15) is 0 Å². The first-order valence-electron chi connectivity index (χ1n) is 5.75. The van der Waals surface area contributed by atoms with Crippen LogP contribution in [0.25, 0.3) is 0 Å². The molecule has 0 saturated heterocycles. The molecule has 1 heterocycles. The molecule has 2 rings (SSSR count). The van der Waals surface area contributed by atoms with Crippen LogP contribution in [0.15, 0.2) is 36.5 Å². The van der Waals surface area contributed by atoms with E-state index in [9.17, 15) is 4.79 Å². The molecule has 1 aromatic carbocycles. The van der Waals surface area contributed by atoms with E-state index in [1.807, 2.05) is 0 Å². The lowest BCUT2D eigenvalue weighted by atomic mass is 10.1. The summed E-state index contributed by atoms with van der Waals surface area (Å²) in [4.78, 5) is 18.0. The maximum Gasteiger partial charge on any atom is 0.259 e. The molecule has 4 nitrogen and oxygen atoms in total. The number of pyridine rings is 1. The van der Waals surface area contributed by atoms with Gasteiger partial charge in [0, 0.05) is 24.0 Å². The van der Waals surface area contributed by atoms with Crippen molar-refractivity contribution in [2.75, 3.05) is 17.7 Å². The van der Waals surface area contributed by atoms with Gasteiger partial charge in [-0.15, -0.1) is 0 Å². The molecule has 0 saturated carbocycles. The Morgan fingerprint density at radius 2 is 2.11 bits per heavy atom. The van der Waals surface area contributed by atoms with E-state index in [0.717, 1.165) is 0 Å². The van der Waals surface area contributed by atoms with E-state index in [0.29, 0.717) is 27.7 Å². The first-order chi connectivity index (χ1) is 9.00. The number of anilines is 2. The molecule has 0 spiro atoms. The van der Waals surface area contributed by atoms with Gasteiger partial charge in [-0.3, -0.25) is 9.78 Å². The van der Waals surface area contributed by atoms with Gasteiger partial charge < -0.3 is 10.6 Å². The fourth-order valence-corrected chi connectivity index (χ4v) is 1.97. The van der Waals surface area contributed by atoms with Crippen molar-refractivity contribution in [2.45, 2.75) is 6.92 Å². The molecule has 0 aliphatic heterocycles. The molecule has 98 valence electrons. The van der Waals surface area contributed by atoms with Gasteiger partial charge >= 0.3 is 0 Å². The summed E-state index contributed by atoms with van der Waals surface area (Å²) in [5, 5.41) is 0.534. The van der Waals surface area contributed by atoms with Crippen molar-refractivity contribution >= 4 is 28.9 Å². The van der Waals surface area contributed by atoms with Gasteiger partial charge in [-0.05, 0) is 37.3 Å². The normalized spacial score (nSPS) is 10.3. The third kappa shape index (κ3) is 2.69. The number of halogens is 1. The summed E-state index contributed by atoms with van der Waals surface area (Å²) in [6.07, 6.45) is 1.65. The lowest BCUT2D eigenvalue weighted by molar-refractivity contribution is 0.0992. The summed E-state index contributed by atoms with van der Waals surface area (Å²) in [5.74, 6) is -0.167. The molecule has 1 amide bonds. The second kappa shape index (κ2) is 5.28. The minimum absolute atomic E-state index is 0.167. The van der Waals surface area contributed by atoms with Gasteiger partial charge in [-0.25, -0.2) is 0 Å². The lowest BCUT2D eigenvalue weighted by Gasteiger charge is -2.20. The summed E-state index contributed by atoms with van der Waals surface area (Å²) in [5.41, 5.74) is 8.19. The Bertz CT molecular complexity index is 628. The number of aromatic nitrogens is 1. The van der Waals surface area contributed by atoms with Crippen LogP contribution in [0.1, 0.15) is 16.1 Å². The molecule has 0 fully saturated rings. The number of hydrogen-bond donors (Lipinski definition) is 1. The molecule has 0 aliphatic rings. The second-order valence-corrected chi connectivity index (χ2v) is 4.64. The highest BCUT2D eigenvalue weighted by molar-refractivity contribution is 6.31. The molecule has 19 heavy (non-hydrogen) atoms. The Hall–Kier alpha value is -2.07. The fraction of sp³-hybridized carbons (Fsp3) is 0.143. The van der Waals surface area contributed by atoms with Gasteiger partial charge in [-0.1, -0.05) is 11.6 Å².